The molecule has 75 heavy (non-hydrogen) atoms. The normalized spacial score (nSPS) is 13.8. The fourth-order valence-corrected chi connectivity index (χ4v) is 8.68. The van der Waals surface area contributed by atoms with Gasteiger partial charge >= 0.3 is 29.8 Å². The maximum atomic E-state index is 13.9. The minimum Gasteiger partial charge on any atom is -0.495 e. The summed E-state index contributed by atoms with van der Waals surface area (Å²) in [6.07, 6.45) is -0.687. The highest BCUT2D eigenvalue weighted by Gasteiger charge is 2.29. The van der Waals surface area contributed by atoms with Gasteiger partial charge in [0.1, 0.15) is 27.3 Å². The van der Waals surface area contributed by atoms with E-state index in [-0.39, 0.29) is 58.4 Å². The van der Waals surface area contributed by atoms with Crippen molar-refractivity contribution in [1.82, 2.24) is 0 Å². The summed E-state index contributed by atoms with van der Waals surface area (Å²) in [4.78, 5) is 78.1. The number of rotatable bonds is 18. The second kappa shape index (κ2) is 28.2. The number of carbonyl (C=O) groups excluding carboxylic acids is 5. The van der Waals surface area contributed by atoms with Crippen LogP contribution in [-0.2, 0) is 74.7 Å². The number of aryl methyl sites for hydroxylation is 3. The van der Waals surface area contributed by atoms with E-state index in [0.29, 0.717) is 105 Å². The van der Waals surface area contributed by atoms with E-state index in [4.69, 9.17) is 79.7 Å². The van der Waals surface area contributed by atoms with Gasteiger partial charge in [0.25, 0.3) is 0 Å². The fraction of sp³-hybridized carbons (Fsp3) is 0.434. The first-order chi connectivity index (χ1) is 36.1. The lowest BCUT2D eigenvalue weighted by atomic mass is 9.90. The largest absolute Gasteiger partial charge is 0.495 e. The Morgan fingerprint density at radius 2 is 1.11 bits per heavy atom. The Morgan fingerprint density at radius 1 is 0.600 bits per heavy atom. The molecule has 1 aliphatic carbocycles. The maximum absolute atomic E-state index is 13.9. The molecule has 2 aliphatic heterocycles. The molecule has 2 heterocycles. The van der Waals surface area contributed by atoms with Crippen LogP contribution in [0.3, 0.4) is 0 Å². The Morgan fingerprint density at radius 3 is 1.65 bits per heavy atom. The minimum absolute atomic E-state index is 0.00701. The molecule has 6 rings (SSSR count). The molecule has 20 nitrogen and oxygen atoms in total. The van der Waals surface area contributed by atoms with Gasteiger partial charge in [0.05, 0.1) is 65.2 Å². The molecule has 1 fully saturated rings. The van der Waals surface area contributed by atoms with Gasteiger partial charge < -0.3 is 66.3 Å². The van der Waals surface area contributed by atoms with Gasteiger partial charge in [-0.3, -0.25) is 28.8 Å². The molecule has 0 radical (unpaired) electrons. The molecular weight excluding hydrogens is 1020 g/mol. The van der Waals surface area contributed by atoms with Gasteiger partial charge in [-0.05, 0) is 72.9 Å². The number of hydrogen-bond donors (Lipinski definition) is 0. The molecule has 0 N–H and O–H groups in total. The molecule has 1 saturated heterocycles. The summed E-state index contributed by atoms with van der Waals surface area (Å²) >= 11 is 14.1. The lowest BCUT2D eigenvalue weighted by Crippen LogP contribution is -2.33. The van der Waals surface area contributed by atoms with Crippen LogP contribution in [0.15, 0.2) is 57.7 Å². The maximum Gasteiger partial charge on any atom is 0.308 e. The second-order valence-electron chi connectivity index (χ2n) is 16.9. The van der Waals surface area contributed by atoms with E-state index in [9.17, 15) is 28.8 Å². The number of nitrogens with zero attached hydrogens (tertiary/aromatic N) is 2. The van der Waals surface area contributed by atoms with Crippen molar-refractivity contribution in [2.45, 2.75) is 53.4 Å². The first-order valence-electron chi connectivity index (χ1n) is 23.9. The monoisotopic (exact) mass is 1080 g/mol. The third kappa shape index (κ3) is 15.8. The van der Waals surface area contributed by atoms with Crippen LogP contribution in [0.2, 0.25) is 10.0 Å². The zero-order chi connectivity index (χ0) is 54.0. The van der Waals surface area contributed by atoms with E-state index in [1.807, 2.05) is 37.3 Å². The van der Waals surface area contributed by atoms with E-state index in [1.165, 1.54) is 27.9 Å². The molecule has 0 saturated carbocycles. The lowest BCUT2D eigenvalue weighted by molar-refractivity contribution is -0.167. The van der Waals surface area contributed by atoms with Gasteiger partial charge in [0.15, 0.2) is 11.3 Å². The van der Waals surface area contributed by atoms with Crippen LogP contribution < -0.4 is 29.4 Å². The molecular formula is C53H60Cl2N2O18. The van der Waals surface area contributed by atoms with Gasteiger partial charge in [-0.25, -0.2) is 0 Å². The quantitative estimate of drug-likeness (QED) is 0.0359. The summed E-state index contributed by atoms with van der Waals surface area (Å²) in [6, 6.07) is 14.8. The number of fused-ring (bicyclic) bond motifs is 2. The Hall–Kier alpha value is -6.84. The molecule has 404 valence electrons. The van der Waals surface area contributed by atoms with Gasteiger partial charge in [0, 0.05) is 81.9 Å². The van der Waals surface area contributed by atoms with Crippen molar-refractivity contribution in [2.24, 2.45) is 0 Å². The summed E-state index contributed by atoms with van der Waals surface area (Å²) in [5, 5.41) is -0.0816. The summed E-state index contributed by atoms with van der Waals surface area (Å²) < 4.78 is 67.1. The first kappa shape index (κ1) is 57.4. The first-order valence-corrected chi connectivity index (χ1v) is 24.7. The number of methoxy groups -OCH3 is 2. The van der Waals surface area contributed by atoms with Crippen LogP contribution in [0.4, 0.5) is 11.4 Å². The molecule has 0 aromatic heterocycles. The zero-order valence-electron chi connectivity index (χ0n) is 42.6. The molecule has 0 bridgehead atoms. The van der Waals surface area contributed by atoms with Crippen LogP contribution in [0.25, 0.3) is 33.4 Å². The number of benzene rings is 4. The molecule has 0 amide bonds. The lowest BCUT2D eigenvalue weighted by Gasteiger charge is -2.28. The highest BCUT2D eigenvalue weighted by Crippen LogP contribution is 2.49. The Balaban J connectivity index is 1.43. The predicted octanol–water partition coefficient (Wildman–Crippen LogP) is 7.47. The Labute approximate surface area is 443 Å². The van der Waals surface area contributed by atoms with Crippen molar-refractivity contribution < 1.29 is 80.5 Å². The van der Waals surface area contributed by atoms with Crippen LogP contribution in [0, 0.1) is 6.92 Å². The van der Waals surface area contributed by atoms with Gasteiger partial charge in [-0.15, -0.1) is 0 Å². The molecule has 3 aromatic carbocycles. The van der Waals surface area contributed by atoms with Gasteiger partial charge in [-0.2, -0.15) is 0 Å². The van der Waals surface area contributed by atoms with Crippen molar-refractivity contribution in [1.29, 1.82) is 0 Å². The zero-order valence-corrected chi connectivity index (χ0v) is 44.2. The Bertz CT molecular complexity index is 2850. The topological polar surface area (TPSA) is 224 Å². The predicted molar refractivity (Wildman–Crippen MR) is 275 cm³/mol. The highest BCUT2D eigenvalue weighted by atomic mass is 35.5. The third-order valence-electron chi connectivity index (χ3n) is 11.8. The number of carbonyl (C=O) groups is 5. The number of halogens is 2. The smallest absolute Gasteiger partial charge is 0.308 e. The minimum atomic E-state index is -0.739. The van der Waals surface area contributed by atoms with E-state index in [1.54, 1.807) is 25.3 Å². The second-order valence-corrected chi connectivity index (χ2v) is 17.7. The summed E-state index contributed by atoms with van der Waals surface area (Å²) in [7, 11) is 3.18. The molecule has 0 atom stereocenters. The van der Waals surface area contributed by atoms with E-state index < -0.39 is 55.7 Å². The van der Waals surface area contributed by atoms with E-state index in [2.05, 4.69) is 9.80 Å². The van der Waals surface area contributed by atoms with Crippen LogP contribution in [-0.4, -0.2) is 130 Å². The summed E-state index contributed by atoms with van der Waals surface area (Å²) in [5.41, 5.74) is 3.88. The average Bonchev–Trinajstić information content (AvgIpc) is 3.40. The molecule has 22 heteroatoms. The molecule has 0 unspecified atom stereocenters. The third-order valence-corrected chi connectivity index (χ3v) is 12.4. The Kier molecular flexibility index (Phi) is 21.6. The number of hydrogen-bond acceptors (Lipinski definition) is 20. The van der Waals surface area contributed by atoms with E-state index >= 15 is 0 Å². The van der Waals surface area contributed by atoms with Crippen molar-refractivity contribution in [3.05, 3.63) is 85.5 Å². The van der Waals surface area contributed by atoms with Gasteiger partial charge in [-0.1, -0.05) is 35.3 Å². The highest BCUT2D eigenvalue weighted by molar-refractivity contribution is 6.37. The number of anilines is 2. The van der Waals surface area contributed by atoms with Crippen molar-refractivity contribution in [3.63, 3.8) is 0 Å². The van der Waals surface area contributed by atoms with Gasteiger partial charge in [0.2, 0.25) is 25.8 Å². The standard InChI is InChI=1S/C53H60Cl2N2O18/c1-32-7-11-41(43(25-32)64-5)56-15-19-66-20-16-57(18-22-68-24-23-67-21-17-56)42-12-8-36(28-44(42)65-6)47-39-26-37(9-13-45(61)72-29-69-33(2)58)50(63)48(54)52(39)75-53-40(47)27-38(10-14-46(62)73-30-70-34(3)59)51(49(53)55)74-31-71-35(4)60/h7-8,11-12,25-28H,9-10,13-24,29-31H2,1-6H3. The SMILES string of the molecule is COc1cc(C)ccc1N1CCOCCOCCN(c2ccc(-c3c4cc(CCC(=O)OCOC(C)=O)c(=O)c(Cl)c-4oc4c(Cl)c(OCOC(C)=O)c(CCC(=O)OCOC(C)=O)cc34)cc2OC)CCOCC1. The average molecular weight is 1080 g/mol. The summed E-state index contributed by atoms with van der Waals surface area (Å²) in [5.74, 6) is -2.26. The number of ether oxygens (including phenoxy) is 11. The van der Waals surface area contributed by atoms with E-state index in [0.717, 1.165) is 17.0 Å². The van der Waals surface area contributed by atoms with Crippen LogP contribution in [0.5, 0.6) is 17.2 Å². The molecule has 0 spiro atoms. The summed E-state index contributed by atoms with van der Waals surface area (Å²) in [6.45, 7) is 8.24. The molecule has 3 aromatic rings. The van der Waals surface area contributed by atoms with Crippen molar-refractivity contribution >= 4 is 75.4 Å². The van der Waals surface area contributed by atoms with Crippen molar-refractivity contribution in [2.75, 3.05) is 110 Å². The fourth-order valence-electron chi connectivity index (χ4n) is 8.11. The number of esters is 5. The van der Waals surface area contributed by atoms with Crippen LogP contribution >= 0.6 is 23.2 Å². The van der Waals surface area contributed by atoms with Crippen molar-refractivity contribution in [3.8, 4) is 39.7 Å². The van der Waals surface area contributed by atoms with Crippen LogP contribution in [0.1, 0.15) is 50.3 Å². The molecule has 3 aliphatic rings.